The van der Waals surface area contributed by atoms with Gasteiger partial charge >= 0.3 is 5.97 Å². The molecule has 1 aromatic carbocycles. The van der Waals surface area contributed by atoms with Crippen molar-refractivity contribution in [3.8, 4) is 11.8 Å². The lowest BCUT2D eigenvalue weighted by atomic mass is 10.1. The summed E-state index contributed by atoms with van der Waals surface area (Å²) in [6.45, 7) is 0.205. The van der Waals surface area contributed by atoms with E-state index in [0.717, 1.165) is 0 Å². The molecule has 0 fully saturated rings. The maximum absolute atomic E-state index is 11.3. The SMILES string of the molecule is COC(=O)C(C#N)=CC1=Cc2cc(Cl)cc(Cl)c2OC1. The smallest absolute Gasteiger partial charge is 0.348 e. The van der Waals surface area contributed by atoms with Crippen molar-refractivity contribution in [1.29, 1.82) is 5.26 Å². The molecule has 0 saturated carbocycles. The zero-order chi connectivity index (χ0) is 14.7. The number of methoxy groups -OCH3 is 1. The molecule has 2 rings (SSSR count). The van der Waals surface area contributed by atoms with Gasteiger partial charge in [-0.2, -0.15) is 5.26 Å². The van der Waals surface area contributed by atoms with Gasteiger partial charge in [0.05, 0.1) is 12.1 Å². The zero-order valence-electron chi connectivity index (χ0n) is 10.4. The van der Waals surface area contributed by atoms with Gasteiger partial charge in [0.1, 0.15) is 24.0 Å². The lowest BCUT2D eigenvalue weighted by Crippen LogP contribution is -2.09. The molecule has 1 aromatic rings. The number of fused-ring (bicyclic) bond motifs is 1. The monoisotopic (exact) mass is 309 g/mol. The molecule has 1 aliphatic heterocycles. The van der Waals surface area contributed by atoms with Crippen molar-refractivity contribution in [3.05, 3.63) is 45.0 Å². The Morgan fingerprint density at radius 2 is 2.25 bits per heavy atom. The average molecular weight is 310 g/mol. The number of nitrogens with zero attached hydrogens (tertiary/aromatic N) is 1. The minimum atomic E-state index is -0.691. The molecule has 1 heterocycles. The van der Waals surface area contributed by atoms with Crippen molar-refractivity contribution in [2.45, 2.75) is 0 Å². The van der Waals surface area contributed by atoms with E-state index < -0.39 is 5.97 Å². The fraction of sp³-hybridized carbons (Fsp3) is 0.143. The number of nitriles is 1. The van der Waals surface area contributed by atoms with Crippen LogP contribution in [0.1, 0.15) is 5.56 Å². The highest BCUT2D eigenvalue weighted by molar-refractivity contribution is 6.36. The molecule has 1 aliphatic rings. The molecular weight excluding hydrogens is 301 g/mol. The number of hydrogen-bond donors (Lipinski definition) is 0. The van der Waals surface area contributed by atoms with Gasteiger partial charge in [0.2, 0.25) is 0 Å². The number of rotatable bonds is 2. The summed E-state index contributed by atoms with van der Waals surface area (Å²) >= 11 is 11.9. The van der Waals surface area contributed by atoms with Crippen LogP contribution < -0.4 is 4.74 Å². The quantitative estimate of drug-likeness (QED) is 0.477. The van der Waals surface area contributed by atoms with E-state index in [-0.39, 0.29) is 12.2 Å². The summed E-state index contributed by atoms with van der Waals surface area (Å²) in [5.41, 5.74) is 1.25. The van der Waals surface area contributed by atoms with Gasteiger partial charge in [0.15, 0.2) is 0 Å². The Kier molecular flexibility index (Phi) is 4.33. The lowest BCUT2D eigenvalue weighted by molar-refractivity contribution is -0.135. The largest absolute Gasteiger partial charge is 0.487 e. The van der Waals surface area contributed by atoms with Crippen LogP contribution in [-0.2, 0) is 9.53 Å². The van der Waals surface area contributed by atoms with Crippen LogP contribution in [0.3, 0.4) is 0 Å². The van der Waals surface area contributed by atoms with Crippen LogP contribution in [-0.4, -0.2) is 19.7 Å². The second-order valence-electron chi connectivity index (χ2n) is 3.98. The van der Waals surface area contributed by atoms with Crippen molar-refractivity contribution in [1.82, 2.24) is 0 Å². The van der Waals surface area contributed by atoms with E-state index in [2.05, 4.69) is 4.74 Å². The van der Waals surface area contributed by atoms with Gasteiger partial charge in [-0.25, -0.2) is 4.79 Å². The Balaban J connectivity index is 2.41. The number of carbonyl (C=O) groups excluding carboxylic acids is 1. The molecule has 102 valence electrons. The van der Waals surface area contributed by atoms with E-state index in [1.54, 1.807) is 24.3 Å². The number of carbonyl (C=O) groups is 1. The number of halogens is 2. The molecule has 0 N–H and O–H groups in total. The molecule has 0 bridgehead atoms. The van der Waals surface area contributed by atoms with E-state index in [9.17, 15) is 4.79 Å². The van der Waals surface area contributed by atoms with Crippen molar-refractivity contribution < 1.29 is 14.3 Å². The van der Waals surface area contributed by atoms with Crippen LogP contribution >= 0.6 is 23.2 Å². The third-order valence-corrected chi connectivity index (χ3v) is 3.12. The molecule has 0 saturated heterocycles. The Hall–Kier alpha value is -1.96. The first-order chi connectivity index (χ1) is 9.55. The van der Waals surface area contributed by atoms with Crippen LogP contribution in [0.15, 0.2) is 29.4 Å². The summed E-state index contributed by atoms with van der Waals surface area (Å²) in [6, 6.07) is 5.07. The fourth-order valence-corrected chi connectivity index (χ4v) is 2.32. The van der Waals surface area contributed by atoms with Gasteiger partial charge in [-0.1, -0.05) is 23.2 Å². The summed E-state index contributed by atoms with van der Waals surface area (Å²) in [4.78, 5) is 11.3. The average Bonchev–Trinajstić information content (AvgIpc) is 2.43. The van der Waals surface area contributed by atoms with E-state index in [1.807, 2.05) is 0 Å². The van der Waals surface area contributed by atoms with Crippen LogP contribution in [0, 0.1) is 11.3 Å². The molecule has 6 heteroatoms. The van der Waals surface area contributed by atoms with Gasteiger partial charge < -0.3 is 9.47 Å². The summed E-state index contributed by atoms with van der Waals surface area (Å²) in [6.07, 6.45) is 3.18. The highest BCUT2D eigenvalue weighted by atomic mass is 35.5. The molecule has 0 aromatic heterocycles. The predicted octanol–water partition coefficient (Wildman–Crippen LogP) is 3.39. The van der Waals surface area contributed by atoms with Gasteiger partial charge in [-0.3, -0.25) is 0 Å². The zero-order valence-corrected chi connectivity index (χ0v) is 12.0. The summed E-state index contributed by atoms with van der Waals surface area (Å²) in [5, 5.41) is 9.81. The Bertz CT molecular complexity index is 672. The predicted molar refractivity (Wildman–Crippen MR) is 75.6 cm³/mol. The number of ether oxygens (including phenoxy) is 2. The summed E-state index contributed by atoms with van der Waals surface area (Å²) < 4.78 is 10.0. The molecule has 0 aliphatic carbocycles. The number of hydrogen-bond acceptors (Lipinski definition) is 4. The van der Waals surface area contributed by atoms with Crippen LogP contribution in [0.25, 0.3) is 6.08 Å². The Labute approximate surface area is 125 Å². The van der Waals surface area contributed by atoms with Crippen LogP contribution in [0.2, 0.25) is 10.0 Å². The van der Waals surface area contributed by atoms with Gasteiger partial charge in [0.25, 0.3) is 0 Å². The first-order valence-corrected chi connectivity index (χ1v) is 6.33. The Morgan fingerprint density at radius 1 is 1.50 bits per heavy atom. The second-order valence-corrected chi connectivity index (χ2v) is 4.82. The third kappa shape index (κ3) is 2.96. The van der Waals surface area contributed by atoms with E-state index in [4.69, 9.17) is 33.2 Å². The van der Waals surface area contributed by atoms with Crippen molar-refractivity contribution >= 4 is 35.2 Å². The van der Waals surface area contributed by atoms with E-state index in [0.29, 0.717) is 26.9 Å². The first kappa shape index (κ1) is 14.4. The number of esters is 1. The minimum absolute atomic E-state index is 0.0982. The van der Waals surface area contributed by atoms with Crippen LogP contribution in [0.4, 0.5) is 0 Å². The number of benzene rings is 1. The van der Waals surface area contributed by atoms with Crippen molar-refractivity contribution in [3.63, 3.8) is 0 Å². The van der Waals surface area contributed by atoms with Gasteiger partial charge in [-0.05, 0) is 29.9 Å². The maximum Gasteiger partial charge on any atom is 0.348 e. The molecular formula is C14H9Cl2NO3. The molecule has 0 unspecified atom stereocenters. The van der Waals surface area contributed by atoms with Gasteiger partial charge in [-0.15, -0.1) is 0 Å². The normalized spacial score (nSPS) is 13.7. The maximum atomic E-state index is 11.3. The third-order valence-electron chi connectivity index (χ3n) is 2.62. The molecule has 0 radical (unpaired) electrons. The van der Waals surface area contributed by atoms with Crippen molar-refractivity contribution in [2.24, 2.45) is 0 Å². The molecule has 0 amide bonds. The highest BCUT2D eigenvalue weighted by Gasteiger charge is 2.17. The molecule has 20 heavy (non-hydrogen) atoms. The minimum Gasteiger partial charge on any atom is -0.487 e. The van der Waals surface area contributed by atoms with Crippen LogP contribution in [0.5, 0.6) is 5.75 Å². The standard InChI is InChI=1S/C14H9Cl2NO3/c1-19-14(18)10(6-17)3-8-2-9-4-11(15)5-12(16)13(9)20-7-8/h2-5H,7H2,1H3. The molecule has 0 atom stereocenters. The van der Waals surface area contributed by atoms with Crippen molar-refractivity contribution in [2.75, 3.05) is 13.7 Å². The first-order valence-electron chi connectivity index (χ1n) is 5.57. The fourth-order valence-electron chi connectivity index (χ4n) is 1.75. The Morgan fingerprint density at radius 3 is 2.90 bits per heavy atom. The highest BCUT2D eigenvalue weighted by Crippen LogP contribution is 2.36. The topological polar surface area (TPSA) is 59.3 Å². The summed E-state index contributed by atoms with van der Waals surface area (Å²) in [7, 11) is 1.22. The summed E-state index contributed by atoms with van der Waals surface area (Å²) in [5.74, 6) is -0.159. The van der Waals surface area contributed by atoms with E-state index in [1.165, 1.54) is 13.2 Å². The lowest BCUT2D eigenvalue weighted by Gasteiger charge is -2.17. The molecule has 4 nitrogen and oxygen atoms in total. The molecule has 0 spiro atoms. The van der Waals surface area contributed by atoms with E-state index >= 15 is 0 Å². The second kappa shape index (κ2) is 6.00. The van der Waals surface area contributed by atoms with Gasteiger partial charge in [0, 0.05) is 10.6 Å².